The molecule has 0 aliphatic carbocycles. The van der Waals surface area contributed by atoms with Gasteiger partial charge in [-0.3, -0.25) is 0 Å². The highest BCUT2D eigenvalue weighted by Crippen LogP contribution is 2.38. The van der Waals surface area contributed by atoms with Crippen LogP contribution in [0.25, 0.3) is 0 Å². The molecule has 10 heteroatoms. The molecule has 0 aliphatic heterocycles. The molecule has 10 rings (SSSR count). The highest BCUT2D eigenvalue weighted by atomic mass is 28.4. The topological polar surface area (TPSA) is 79.9 Å². The second kappa shape index (κ2) is 25.1. The summed E-state index contributed by atoms with van der Waals surface area (Å²) in [5, 5.41) is 21.8. The summed E-state index contributed by atoms with van der Waals surface area (Å²) in [6.45, 7) is 16.2. The van der Waals surface area contributed by atoms with Crippen LogP contribution in [0.4, 0.5) is 0 Å². The molecule has 0 unspecified atom stereocenters. The molecule has 10 aromatic rings. The maximum Gasteiger partial charge on any atom is 0.261 e. The van der Waals surface area contributed by atoms with Crippen LogP contribution in [0.3, 0.4) is 0 Å². The average molecular weight is 1060 g/mol. The van der Waals surface area contributed by atoms with Gasteiger partial charge in [-0.05, 0) is 89.2 Å². The zero-order valence-corrected chi connectivity index (χ0v) is 47.4. The van der Waals surface area contributed by atoms with E-state index in [0.29, 0.717) is 37.7 Å². The van der Waals surface area contributed by atoms with Crippen LogP contribution < -0.4 is 20.7 Å². The second-order valence-electron chi connectivity index (χ2n) is 21.4. The summed E-state index contributed by atoms with van der Waals surface area (Å²) in [4.78, 5) is 0. The van der Waals surface area contributed by atoms with Crippen LogP contribution in [0.5, 0.6) is 0 Å². The summed E-state index contributed by atoms with van der Waals surface area (Å²) >= 11 is 0. The first-order valence-corrected chi connectivity index (χ1v) is 30.3. The molecule has 0 radical (unpaired) electrons. The van der Waals surface area contributed by atoms with E-state index in [1.807, 2.05) is 82.4 Å². The Labute approximate surface area is 463 Å². The van der Waals surface area contributed by atoms with E-state index in [1.165, 1.54) is 31.9 Å². The van der Waals surface area contributed by atoms with Crippen molar-refractivity contribution in [2.75, 3.05) is 0 Å². The molecule has 2 aromatic heterocycles. The molecular weight excluding hydrogens is 989 g/mol. The van der Waals surface area contributed by atoms with Gasteiger partial charge in [0.2, 0.25) is 0 Å². The molecule has 0 aliphatic rings. The van der Waals surface area contributed by atoms with Crippen LogP contribution in [0, 0.1) is 23.7 Å². The number of benzene rings is 8. The second-order valence-corrected chi connectivity index (χ2v) is 30.0. The molecule has 78 heavy (non-hydrogen) atoms. The monoisotopic (exact) mass is 1050 g/mol. The lowest BCUT2D eigenvalue weighted by atomic mass is 10.1. The normalized spacial score (nSPS) is 11.6. The van der Waals surface area contributed by atoms with Crippen molar-refractivity contribution >= 4 is 37.4 Å². The third kappa shape index (κ3) is 13.4. The van der Waals surface area contributed by atoms with Crippen LogP contribution >= 0.6 is 0 Å². The summed E-state index contributed by atoms with van der Waals surface area (Å²) in [6, 6.07) is 80.0. The minimum Gasteiger partial charge on any atom is -0.403 e. The minimum atomic E-state index is -2.58. The lowest BCUT2D eigenvalue weighted by Gasteiger charge is -2.43. The first-order chi connectivity index (χ1) is 37.9. The van der Waals surface area contributed by atoms with Gasteiger partial charge < -0.3 is 8.85 Å². The van der Waals surface area contributed by atoms with E-state index in [-0.39, 0.29) is 10.1 Å². The standard InChI is InChI=1S/2C34H33N3OSi/c2*1-34(2,3)39(32-15-9-5-10-16-32,33-17-11-6-12-18-33)38-27-30-21-19-28(20-22-30)23-24-31-26-37(36-35-31)25-29-13-7-4-8-14-29/h2*4-22,26H,25,27H2,1-3H3. The number of hydrogen-bond donors (Lipinski definition) is 0. The van der Waals surface area contributed by atoms with Crippen LogP contribution in [0.1, 0.15) is 86.3 Å². The SMILES string of the molecule is CC(C)(C)[Si](OCc1ccc(C#Cc2cn(Cc3ccccc3)nn2)cc1)(c1ccccc1)c1ccccc1.CC(C)(C)[Si](OCc1ccc(C#Cc2cn(Cc3ccccc3)nn2)cc1)(c1ccccc1)c1ccccc1. The lowest BCUT2D eigenvalue weighted by molar-refractivity contribution is 0.286. The Balaban J connectivity index is 0.000000190. The molecular formula is C68H66N6O2Si2. The summed E-state index contributed by atoms with van der Waals surface area (Å²) in [5.41, 5.74) is 7.79. The minimum absolute atomic E-state index is 0.0565. The molecule has 0 atom stereocenters. The van der Waals surface area contributed by atoms with Crippen molar-refractivity contribution in [2.24, 2.45) is 0 Å². The van der Waals surface area contributed by atoms with Gasteiger partial charge in [0.25, 0.3) is 16.6 Å². The highest BCUT2D eigenvalue weighted by molar-refractivity contribution is 7.00. The third-order valence-corrected chi connectivity index (χ3v) is 23.7. The first-order valence-electron chi connectivity index (χ1n) is 26.5. The van der Waals surface area contributed by atoms with Gasteiger partial charge in [0.1, 0.15) is 0 Å². The first kappa shape index (κ1) is 54.3. The quantitative estimate of drug-likeness (QED) is 0.0797. The van der Waals surface area contributed by atoms with Crippen molar-refractivity contribution in [1.29, 1.82) is 0 Å². The fraction of sp³-hybridized carbons (Fsp3) is 0.176. The summed E-state index contributed by atoms with van der Waals surface area (Å²) in [7, 11) is -5.15. The lowest BCUT2D eigenvalue weighted by Crippen LogP contribution is -2.66. The van der Waals surface area contributed by atoms with Crippen molar-refractivity contribution in [3.05, 3.63) is 288 Å². The smallest absolute Gasteiger partial charge is 0.261 e. The predicted molar refractivity (Wildman–Crippen MR) is 321 cm³/mol. The van der Waals surface area contributed by atoms with Crippen molar-refractivity contribution in [3.63, 3.8) is 0 Å². The largest absolute Gasteiger partial charge is 0.403 e. The fourth-order valence-electron chi connectivity index (χ4n) is 9.95. The molecule has 0 spiro atoms. The molecule has 0 amide bonds. The summed E-state index contributed by atoms with van der Waals surface area (Å²) < 4.78 is 17.7. The maximum absolute atomic E-state index is 7.05. The van der Waals surface area contributed by atoms with Crippen LogP contribution in [0.2, 0.25) is 10.1 Å². The van der Waals surface area contributed by atoms with Gasteiger partial charge in [-0.25, -0.2) is 9.36 Å². The van der Waals surface area contributed by atoms with Gasteiger partial charge in [0.05, 0.1) is 38.7 Å². The number of aromatic nitrogens is 6. The molecule has 0 fully saturated rings. The molecule has 8 aromatic carbocycles. The zero-order valence-electron chi connectivity index (χ0n) is 45.4. The Morgan fingerprint density at radius 3 is 0.910 bits per heavy atom. The van der Waals surface area contributed by atoms with Gasteiger partial charge in [-0.15, -0.1) is 10.2 Å². The van der Waals surface area contributed by atoms with Crippen molar-refractivity contribution in [2.45, 2.75) is 77.9 Å². The van der Waals surface area contributed by atoms with Crippen LogP contribution in [0.15, 0.2) is 243 Å². The highest BCUT2D eigenvalue weighted by Gasteiger charge is 2.51. The Bertz CT molecular complexity index is 3250. The van der Waals surface area contributed by atoms with E-state index >= 15 is 0 Å². The Morgan fingerprint density at radius 2 is 0.628 bits per heavy atom. The predicted octanol–water partition coefficient (Wildman–Crippen LogP) is 11.6. The van der Waals surface area contributed by atoms with E-state index < -0.39 is 16.6 Å². The van der Waals surface area contributed by atoms with E-state index in [1.54, 1.807) is 0 Å². The molecule has 8 nitrogen and oxygen atoms in total. The van der Waals surface area contributed by atoms with E-state index in [9.17, 15) is 0 Å². The Hall–Kier alpha value is -8.49. The third-order valence-electron chi connectivity index (χ3n) is 13.8. The molecule has 0 bridgehead atoms. The molecule has 0 saturated heterocycles. The Kier molecular flexibility index (Phi) is 17.5. The van der Waals surface area contributed by atoms with Gasteiger partial charge >= 0.3 is 0 Å². The summed E-state index contributed by atoms with van der Waals surface area (Å²) in [6.07, 6.45) is 3.76. The zero-order chi connectivity index (χ0) is 54.3. The van der Waals surface area contributed by atoms with Gasteiger partial charge in [-0.1, -0.05) is 270 Å². The number of hydrogen-bond acceptors (Lipinski definition) is 6. The molecule has 0 N–H and O–H groups in total. The van der Waals surface area contributed by atoms with Crippen LogP contribution in [-0.4, -0.2) is 46.6 Å². The molecule has 2 heterocycles. The molecule has 0 saturated carbocycles. The molecule has 388 valence electrons. The average Bonchev–Trinajstić information content (AvgIpc) is 4.20. The maximum atomic E-state index is 7.05. The van der Waals surface area contributed by atoms with Gasteiger partial charge in [0.15, 0.2) is 11.4 Å². The number of nitrogens with zero attached hydrogens (tertiary/aromatic N) is 6. The fourth-order valence-corrected chi connectivity index (χ4v) is 19.0. The number of rotatable bonds is 14. The summed E-state index contributed by atoms with van der Waals surface area (Å²) in [5.74, 6) is 12.7. The van der Waals surface area contributed by atoms with Gasteiger partial charge in [0, 0.05) is 11.1 Å². The van der Waals surface area contributed by atoms with E-state index in [4.69, 9.17) is 8.85 Å². The van der Waals surface area contributed by atoms with Crippen LogP contribution in [-0.2, 0) is 35.2 Å². The Morgan fingerprint density at radius 1 is 0.346 bits per heavy atom. The van der Waals surface area contributed by atoms with E-state index in [0.717, 1.165) is 22.3 Å². The van der Waals surface area contributed by atoms with E-state index in [2.05, 4.69) is 256 Å². The van der Waals surface area contributed by atoms with Gasteiger partial charge in [-0.2, -0.15) is 0 Å². The van der Waals surface area contributed by atoms with Crippen molar-refractivity contribution in [3.8, 4) is 23.7 Å². The van der Waals surface area contributed by atoms with Crippen molar-refractivity contribution < 1.29 is 8.85 Å². The van der Waals surface area contributed by atoms with Crippen molar-refractivity contribution in [1.82, 2.24) is 30.0 Å².